The van der Waals surface area contributed by atoms with Crippen LogP contribution in [0.4, 0.5) is 0 Å². The zero-order chi connectivity index (χ0) is 18.5. The molecule has 3 aromatic carbocycles. The van der Waals surface area contributed by atoms with E-state index in [0.29, 0.717) is 0 Å². The third-order valence-corrected chi connectivity index (χ3v) is 4.27. The van der Waals surface area contributed by atoms with Gasteiger partial charge >= 0.3 is 0 Å². The summed E-state index contributed by atoms with van der Waals surface area (Å²) >= 11 is 0. The molecule has 0 saturated carbocycles. The third-order valence-electron chi connectivity index (χ3n) is 4.27. The molecule has 3 aromatic rings. The Morgan fingerprint density at radius 2 is 1.65 bits per heavy atom. The van der Waals surface area contributed by atoms with Crippen molar-refractivity contribution in [1.29, 1.82) is 0 Å². The zero-order valence-electron chi connectivity index (χ0n) is 15.2. The first kappa shape index (κ1) is 17.7. The lowest BCUT2D eigenvalue weighted by molar-refractivity contribution is -0.123. The molecule has 0 atom stereocenters. The number of fused-ring (bicyclic) bond motifs is 1. The van der Waals surface area contributed by atoms with Gasteiger partial charge in [-0.3, -0.25) is 4.79 Å². The number of hydrogen-bond acceptors (Lipinski definition) is 3. The second kappa shape index (κ2) is 7.83. The van der Waals surface area contributed by atoms with Crippen molar-refractivity contribution in [3.63, 3.8) is 0 Å². The summed E-state index contributed by atoms with van der Waals surface area (Å²) in [7, 11) is 0. The van der Waals surface area contributed by atoms with Crippen LogP contribution in [-0.4, -0.2) is 18.2 Å². The van der Waals surface area contributed by atoms with E-state index in [4.69, 9.17) is 4.74 Å². The Kier molecular flexibility index (Phi) is 5.32. The minimum atomic E-state index is -0.284. The maximum absolute atomic E-state index is 12.0. The number of carbonyl (C=O) groups excluding carboxylic acids is 1. The molecular weight excluding hydrogens is 324 g/mol. The van der Waals surface area contributed by atoms with Crippen LogP contribution in [0, 0.1) is 13.8 Å². The number of amides is 1. The second-order valence-electron chi connectivity index (χ2n) is 6.30. The number of para-hydroxylation sites is 1. The maximum atomic E-state index is 12.0. The summed E-state index contributed by atoms with van der Waals surface area (Å²) < 4.78 is 5.64. The van der Waals surface area contributed by atoms with E-state index in [0.717, 1.165) is 33.5 Å². The highest BCUT2D eigenvalue weighted by atomic mass is 16.5. The van der Waals surface area contributed by atoms with Crippen molar-refractivity contribution >= 4 is 22.4 Å². The summed E-state index contributed by atoms with van der Waals surface area (Å²) in [5, 5.41) is 6.51. The number of nitrogens with one attached hydrogen (secondary N) is 1. The average molecular weight is 346 g/mol. The van der Waals surface area contributed by atoms with Gasteiger partial charge in [-0.15, -0.1) is 0 Å². The van der Waals surface area contributed by atoms with Crippen molar-refractivity contribution in [2.45, 2.75) is 20.8 Å². The van der Waals surface area contributed by atoms with Gasteiger partial charge in [0.15, 0.2) is 6.61 Å². The molecule has 0 unspecified atom stereocenters. The van der Waals surface area contributed by atoms with Gasteiger partial charge in [0.1, 0.15) is 5.75 Å². The first-order valence-corrected chi connectivity index (χ1v) is 8.56. The molecular formula is C22H22N2O2. The molecule has 26 heavy (non-hydrogen) atoms. The quantitative estimate of drug-likeness (QED) is 0.551. The van der Waals surface area contributed by atoms with Crippen molar-refractivity contribution in [2.75, 3.05) is 6.61 Å². The summed E-state index contributed by atoms with van der Waals surface area (Å²) in [6, 6.07) is 20.1. The summed E-state index contributed by atoms with van der Waals surface area (Å²) in [5.74, 6) is 0.464. The lowest BCUT2D eigenvalue weighted by atomic mass is 10.0. The first-order valence-electron chi connectivity index (χ1n) is 8.56. The van der Waals surface area contributed by atoms with Gasteiger partial charge < -0.3 is 4.74 Å². The van der Waals surface area contributed by atoms with E-state index in [1.165, 1.54) is 5.39 Å². The Balaban J connectivity index is 1.63. The van der Waals surface area contributed by atoms with Crippen LogP contribution in [0.2, 0.25) is 0 Å². The summed E-state index contributed by atoms with van der Waals surface area (Å²) in [6.07, 6.45) is 0. The molecule has 0 aromatic heterocycles. The zero-order valence-corrected chi connectivity index (χ0v) is 15.2. The topological polar surface area (TPSA) is 50.7 Å². The Morgan fingerprint density at radius 1 is 0.962 bits per heavy atom. The molecule has 1 N–H and O–H groups in total. The summed E-state index contributed by atoms with van der Waals surface area (Å²) in [6.45, 7) is 5.72. The normalized spacial score (nSPS) is 11.4. The van der Waals surface area contributed by atoms with Gasteiger partial charge in [-0.25, -0.2) is 5.43 Å². The predicted molar refractivity (Wildman–Crippen MR) is 106 cm³/mol. The Bertz CT molecular complexity index is 957. The van der Waals surface area contributed by atoms with Crippen LogP contribution < -0.4 is 10.2 Å². The van der Waals surface area contributed by atoms with E-state index >= 15 is 0 Å². The fraction of sp³-hybridized carbons (Fsp3) is 0.182. The van der Waals surface area contributed by atoms with Crippen LogP contribution in [0.25, 0.3) is 10.8 Å². The SMILES string of the molecule is C/C(=N/NC(=O)COc1c(C)cccc1C)c1ccc2ccccc2c1. The Hall–Kier alpha value is -3.14. The lowest BCUT2D eigenvalue weighted by Gasteiger charge is -2.11. The molecule has 4 heteroatoms. The van der Waals surface area contributed by atoms with Crippen LogP contribution in [0.5, 0.6) is 5.75 Å². The number of hydrazone groups is 1. The maximum Gasteiger partial charge on any atom is 0.277 e. The monoisotopic (exact) mass is 346 g/mol. The van der Waals surface area contributed by atoms with Gasteiger partial charge in [0, 0.05) is 0 Å². The molecule has 132 valence electrons. The molecule has 1 amide bonds. The van der Waals surface area contributed by atoms with Gasteiger partial charge in [-0.1, -0.05) is 54.6 Å². The Morgan fingerprint density at radius 3 is 2.38 bits per heavy atom. The van der Waals surface area contributed by atoms with Crippen LogP contribution >= 0.6 is 0 Å². The molecule has 0 saturated heterocycles. The number of hydrogen-bond donors (Lipinski definition) is 1. The predicted octanol–water partition coefficient (Wildman–Crippen LogP) is 4.38. The van der Waals surface area contributed by atoms with Gasteiger partial charge in [0.25, 0.3) is 5.91 Å². The van der Waals surface area contributed by atoms with Crippen LogP contribution in [0.15, 0.2) is 65.8 Å². The molecule has 0 aliphatic carbocycles. The Labute approximate surface area is 153 Å². The number of nitrogens with zero attached hydrogens (tertiary/aromatic N) is 1. The third kappa shape index (κ3) is 4.09. The minimum Gasteiger partial charge on any atom is -0.483 e. The first-order chi connectivity index (χ1) is 12.5. The van der Waals surface area contributed by atoms with E-state index in [9.17, 15) is 4.79 Å². The number of ether oxygens (including phenoxy) is 1. The van der Waals surface area contributed by atoms with Crippen LogP contribution in [0.1, 0.15) is 23.6 Å². The average Bonchev–Trinajstić information content (AvgIpc) is 2.65. The van der Waals surface area contributed by atoms with Gasteiger partial charge in [-0.2, -0.15) is 5.10 Å². The van der Waals surface area contributed by atoms with E-state index in [-0.39, 0.29) is 12.5 Å². The fourth-order valence-electron chi connectivity index (χ4n) is 2.82. The van der Waals surface area contributed by atoms with E-state index < -0.39 is 0 Å². The van der Waals surface area contributed by atoms with Gasteiger partial charge in [-0.05, 0) is 54.3 Å². The van der Waals surface area contributed by atoms with Crippen LogP contribution in [0.3, 0.4) is 0 Å². The van der Waals surface area contributed by atoms with Crippen molar-refractivity contribution in [2.24, 2.45) is 5.10 Å². The molecule has 4 nitrogen and oxygen atoms in total. The number of benzene rings is 3. The number of rotatable bonds is 5. The smallest absolute Gasteiger partial charge is 0.277 e. The molecule has 0 radical (unpaired) electrons. The molecule has 3 rings (SSSR count). The molecule has 0 spiro atoms. The standard InChI is InChI=1S/C22H22N2O2/c1-15-7-6-8-16(2)22(15)26-14-21(25)24-23-17(3)19-12-11-18-9-4-5-10-20(18)13-19/h4-13H,14H2,1-3H3,(H,24,25)/b23-17-. The highest BCUT2D eigenvalue weighted by Gasteiger charge is 2.07. The van der Waals surface area contributed by atoms with Crippen molar-refractivity contribution in [1.82, 2.24) is 5.43 Å². The molecule has 0 heterocycles. The van der Waals surface area contributed by atoms with Crippen LogP contribution in [-0.2, 0) is 4.79 Å². The van der Waals surface area contributed by atoms with E-state index in [1.807, 2.05) is 57.2 Å². The molecule has 0 bridgehead atoms. The minimum absolute atomic E-state index is 0.0693. The van der Waals surface area contributed by atoms with Gasteiger partial charge in [0.2, 0.25) is 0 Å². The van der Waals surface area contributed by atoms with Gasteiger partial charge in [0.05, 0.1) is 5.71 Å². The lowest BCUT2D eigenvalue weighted by Crippen LogP contribution is -2.26. The summed E-state index contributed by atoms with van der Waals surface area (Å²) in [4.78, 5) is 12.0. The molecule has 0 aliphatic heterocycles. The van der Waals surface area contributed by atoms with E-state index in [1.54, 1.807) is 0 Å². The largest absolute Gasteiger partial charge is 0.483 e. The summed E-state index contributed by atoms with van der Waals surface area (Å²) in [5.41, 5.74) is 6.30. The number of carbonyl (C=O) groups is 1. The highest BCUT2D eigenvalue weighted by molar-refractivity contribution is 6.02. The second-order valence-corrected chi connectivity index (χ2v) is 6.30. The highest BCUT2D eigenvalue weighted by Crippen LogP contribution is 2.22. The van der Waals surface area contributed by atoms with Crippen molar-refractivity contribution in [3.05, 3.63) is 77.4 Å². The van der Waals surface area contributed by atoms with Crippen molar-refractivity contribution < 1.29 is 9.53 Å². The fourth-order valence-corrected chi connectivity index (χ4v) is 2.82. The van der Waals surface area contributed by atoms with E-state index in [2.05, 4.69) is 34.8 Å². The molecule has 0 fully saturated rings. The molecule has 0 aliphatic rings. The van der Waals surface area contributed by atoms with Crippen molar-refractivity contribution in [3.8, 4) is 5.75 Å². The number of aryl methyl sites for hydroxylation is 2.